The van der Waals surface area contributed by atoms with E-state index in [1.54, 1.807) is 17.4 Å². The molecule has 0 spiro atoms. The zero-order valence-electron chi connectivity index (χ0n) is 11.9. The fourth-order valence-electron chi connectivity index (χ4n) is 2.30. The van der Waals surface area contributed by atoms with E-state index in [0.29, 0.717) is 23.2 Å². The number of hydrogen-bond acceptors (Lipinski definition) is 5. The standard InChI is InChI=1S/C13H22N2O2S3/c1-10-13(7-12(19-10)8-14-2)20(16,17)15-9-11-5-3-4-6-18-11/h7,11,14-15H,3-6,8-9H2,1-2H3. The van der Waals surface area contributed by atoms with Crippen molar-refractivity contribution in [3.8, 4) is 0 Å². The van der Waals surface area contributed by atoms with Crippen LogP contribution in [0.15, 0.2) is 11.0 Å². The Morgan fingerprint density at radius 2 is 2.20 bits per heavy atom. The summed E-state index contributed by atoms with van der Waals surface area (Å²) in [6.07, 6.45) is 3.58. The molecule has 2 rings (SSSR count). The first-order valence-electron chi connectivity index (χ1n) is 6.88. The molecule has 1 aliphatic rings. The molecule has 1 atom stereocenters. The van der Waals surface area contributed by atoms with Gasteiger partial charge in [0, 0.05) is 28.1 Å². The topological polar surface area (TPSA) is 58.2 Å². The monoisotopic (exact) mass is 334 g/mol. The van der Waals surface area contributed by atoms with E-state index in [4.69, 9.17) is 0 Å². The molecule has 7 heteroatoms. The zero-order chi connectivity index (χ0) is 14.6. The van der Waals surface area contributed by atoms with Gasteiger partial charge < -0.3 is 5.32 Å². The van der Waals surface area contributed by atoms with Crippen molar-refractivity contribution >= 4 is 33.1 Å². The highest BCUT2D eigenvalue weighted by Crippen LogP contribution is 2.27. The van der Waals surface area contributed by atoms with Gasteiger partial charge in [-0.1, -0.05) is 6.42 Å². The lowest BCUT2D eigenvalue weighted by Crippen LogP contribution is -2.32. The van der Waals surface area contributed by atoms with Gasteiger partial charge >= 0.3 is 0 Å². The predicted molar refractivity (Wildman–Crippen MR) is 87.1 cm³/mol. The number of sulfonamides is 1. The molecule has 114 valence electrons. The summed E-state index contributed by atoms with van der Waals surface area (Å²) in [6, 6.07) is 1.78. The maximum atomic E-state index is 12.4. The molecule has 0 aliphatic carbocycles. The van der Waals surface area contributed by atoms with Crippen LogP contribution in [0.25, 0.3) is 0 Å². The molecule has 1 unspecified atom stereocenters. The highest BCUT2D eigenvalue weighted by atomic mass is 32.2. The van der Waals surface area contributed by atoms with Gasteiger partial charge in [-0.3, -0.25) is 0 Å². The molecule has 0 amide bonds. The first kappa shape index (κ1) is 16.3. The first-order valence-corrected chi connectivity index (χ1v) is 10.2. The molecule has 0 bridgehead atoms. The molecule has 1 aliphatic heterocycles. The normalized spacial score (nSPS) is 20.2. The van der Waals surface area contributed by atoms with Gasteiger partial charge in [0.2, 0.25) is 10.0 Å². The Balaban J connectivity index is 2.01. The number of hydrogen-bond donors (Lipinski definition) is 2. The molecule has 0 aromatic carbocycles. The summed E-state index contributed by atoms with van der Waals surface area (Å²) in [4.78, 5) is 2.35. The van der Waals surface area contributed by atoms with Crippen LogP contribution >= 0.6 is 23.1 Å². The Morgan fingerprint density at radius 1 is 1.40 bits per heavy atom. The van der Waals surface area contributed by atoms with Crippen molar-refractivity contribution < 1.29 is 8.42 Å². The van der Waals surface area contributed by atoms with Crippen LogP contribution in [0.5, 0.6) is 0 Å². The van der Waals surface area contributed by atoms with Crippen LogP contribution in [0, 0.1) is 6.92 Å². The maximum absolute atomic E-state index is 12.4. The van der Waals surface area contributed by atoms with Crippen LogP contribution in [0.3, 0.4) is 0 Å². The lowest BCUT2D eigenvalue weighted by molar-refractivity contribution is 0.573. The van der Waals surface area contributed by atoms with Crippen LogP contribution in [-0.2, 0) is 16.6 Å². The van der Waals surface area contributed by atoms with E-state index in [-0.39, 0.29) is 0 Å². The molecular weight excluding hydrogens is 312 g/mol. The van der Waals surface area contributed by atoms with E-state index in [1.807, 2.05) is 25.7 Å². The Labute approximate surface area is 129 Å². The Bertz CT molecular complexity index is 534. The van der Waals surface area contributed by atoms with E-state index >= 15 is 0 Å². The molecule has 2 heterocycles. The first-order chi connectivity index (χ1) is 9.53. The second kappa shape index (κ2) is 7.26. The van der Waals surface area contributed by atoms with Crippen LogP contribution in [0.1, 0.15) is 29.0 Å². The van der Waals surface area contributed by atoms with Crippen molar-refractivity contribution in [1.82, 2.24) is 10.0 Å². The number of thiophene rings is 1. The zero-order valence-corrected chi connectivity index (χ0v) is 14.4. The number of nitrogens with one attached hydrogen (secondary N) is 2. The van der Waals surface area contributed by atoms with E-state index < -0.39 is 10.0 Å². The van der Waals surface area contributed by atoms with E-state index in [0.717, 1.165) is 21.9 Å². The second-order valence-electron chi connectivity index (χ2n) is 5.00. The Hall–Kier alpha value is -0.0800. The smallest absolute Gasteiger partial charge is 0.241 e. The van der Waals surface area contributed by atoms with Gasteiger partial charge in [-0.25, -0.2) is 13.1 Å². The average molecular weight is 335 g/mol. The molecule has 0 radical (unpaired) electrons. The minimum absolute atomic E-state index is 0.425. The summed E-state index contributed by atoms with van der Waals surface area (Å²) in [5.74, 6) is 1.15. The molecule has 20 heavy (non-hydrogen) atoms. The van der Waals surface area contributed by atoms with Gasteiger partial charge in [-0.05, 0) is 38.6 Å². The highest BCUT2D eigenvalue weighted by Gasteiger charge is 2.22. The van der Waals surface area contributed by atoms with E-state index in [2.05, 4.69) is 10.0 Å². The number of aryl methyl sites for hydroxylation is 1. The van der Waals surface area contributed by atoms with Crippen molar-refractivity contribution in [3.05, 3.63) is 15.8 Å². The highest BCUT2D eigenvalue weighted by molar-refractivity contribution is 8.00. The van der Waals surface area contributed by atoms with Crippen LogP contribution in [0.4, 0.5) is 0 Å². The number of thioether (sulfide) groups is 1. The summed E-state index contributed by atoms with van der Waals surface area (Å²) in [5.41, 5.74) is 0. The molecule has 4 nitrogen and oxygen atoms in total. The lowest BCUT2D eigenvalue weighted by Gasteiger charge is -2.21. The Kier molecular flexibility index (Phi) is 5.92. The lowest BCUT2D eigenvalue weighted by atomic mass is 10.2. The largest absolute Gasteiger partial charge is 0.315 e. The molecule has 1 saturated heterocycles. The molecule has 2 N–H and O–H groups in total. The summed E-state index contributed by atoms with van der Waals surface area (Å²) in [5, 5.41) is 3.48. The summed E-state index contributed by atoms with van der Waals surface area (Å²) < 4.78 is 27.5. The molecular formula is C13H22N2O2S3. The van der Waals surface area contributed by atoms with Crippen molar-refractivity contribution in [2.24, 2.45) is 0 Å². The van der Waals surface area contributed by atoms with Gasteiger partial charge in [0.1, 0.15) is 0 Å². The van der Waals surface area contributed by atoms with Gasteiger partial charge in [0.15, 0.2) is 0 Å². The van der Waals surface area contributed by atoms with Crippen LogP contribution in [0.2, 0.25) is 0 Å². The minimum atomic E-state index is -3.37. The third-order valence-electron chi connectivity index (χ3n) is 3.34. The van der Waals surface area contributed by atoms with Gasteiger partial charge in [-0.15, -0.1) is 11.3 Å². The summed E-state index contributed by atoms with van der Waals surface area (Å²) in [7, 11) is -1.51. The molecule has 0 saturated carbocycles. The summed E-state index contributed by atoms with van der Waals surface area (Å²) >= 11 is 3.42. The van der Waals surface area contributed by atoms with E-state index in [1.165, 1.54) is 12.8 Å². The molecule has 1 aromatic rings. The summed E-state index contributed by atoms with van der Waals surface area (Å²) in [6.45, 7) is 3.12. The van der Waals surface area contributed by atoms with Crippen molar-refractivity contribution in [2.45, 2.75) is 42.9 Å². The second-order valence-corrected chi connectivity index (χ2v) is 9.49. The minimum Gasteiger partial charge on any atom is -0.315 e. The average Bonchev–Trinajstić information content (AvgIpc) is 2.80. The van der Waals surface area contributed by atoms with Crippen molar-refractivity contribution in [3.63, 3.8) is 0 Å². The predicted octanol–water partition coefficient (Wildman–Crippen LogP) is 2.34. The third-order valence-corrected chi connectivity index (χ3v) is 7.47. The van der Waals surface area contributed by atoms with Crippen LogP contribution in [-0.4, -0.2) is 33.0 Å². The fourth-order valence-corrected chi connectivity index (χ4v) is 6.37. The van der Waals surface area contributed by atoms with Crippen LogP contribution < -0.4 is 10.0 Å². The van der Waals surface area contributed by atoms with Crippen molar-refractivity contribution in [1.29, 1.82) is 0 Å². The SMILES string of the molecule is CNCc1cc(S(=O)(=O)NCC2CCCCS2)c(C)s1. The van der Waals surface area contributed by atoms with Gasteiger partial charge in [-0.2, -0.15) is 11.8 Å². The van der Waals surface area contributed by atoms with E-state index in [9.17, 15) is 8.42 Å². The number of rotatable bonds is 6. The maximum Gasteiger partial charge on any atom is 0.241 e. The molecule has 1 aromatic heterocycles. The third kappa shape index (κ3) is 4.21. The van der Waals surface area contributed by atoms with Gasteiger partial charge in [0.05, 0.1) is 4.90 Å². The Morgan fingerprint density at radius 3 is 2.85 bits per heavy atom. The van der Waals surface area contributed by atoms with Crippen molar-refractivity contribution in [2.75, 3.05) is 19.3 Å². The fraction of sp³-hybridized carbons (Fsp3) is 0.692. The quantitative estimate of drug-likeness (QED) is 0.838. The van der Waals surface area contributed by atoms with Gasteiger partial charge in [0.25, 0.3) is 0 Å². The molecule has 1 fully saturated rings.